The number of hydrogen-bond donors (Lipinski definition) is 0. The standard InChI is InChI=1S/C25H29ClN6O3/c1-25(2,3)35-24(33)31-13-17-12-18(26)6-9-20(17)32-21(14-31)29-30-23(32)16-4-7-19(8-5-16)34-22-10-11-27-15-28-22/h6,9-12,15-16,19H,4-5,7-8,13-14H2,1-3H3. The lowest BCUT2D eigenvalue weighted by molar-refractivity contribution is 0.0214. The molecule has 2 aromatic heterocycles. The van der Waals surface area contributed by atoms with E-state index in [1.165, 1.54) is 6.33 Å². The molecule has 1 aromatic carbocycles. The fourth-order valence-corrected chi connectivity index (χ4v) is 4.90. The molecule has 2 aliphatic rings. The second kappa shape index (κ2) is 9.45. The maximum Gasteiger partial charge on any atom is 0.411 e. The largest absolute Gasteiger partial charge is 0.474 e. The summed E-state index contributed by atoms with van der Waals surface area (Å²) in [5.41, 5.74) is 1.30. The molecule has 184 valence electrons. The van der Waals surface area contributed by atoms with E-state index in [9.17, 15) is 4.79 Å². The lowest BCUT2D eigenvalue weighted by atomic mass is 9.86. The summed E-state index contributed by atoms with van der Waals surface area (Å²) in [6.07, 6.45) is 6.55. The van der Waals surface area contributed by atoms with Gasteiger partial charge in [0.15, 0.2) is 5.82 Å². The second-order valence-corrected chi connectivity index (χ2v) is 10.5. The molecule has 0 unspecified atom stereocenters. The van der Waals surface area contributed by atoms with Gasteiger partial charge in [-0.2, -0.15) is 0 Å². The van der Waals surface area contributed by atoms with Gasteiger partial charge < -0.3 is 9.47 Å². The second-order valence-electron chi connectivity index (χ2n) is 10.1. The Morgan fingerprint density at radius 1 is 1.09 bits per heavy atom. The summed E-state index contributed by atoms with van der Waals surface area (Å²) in [5.74, 6) is 2.47. The summed E-state index contributed by atoms with van der Waals surface area (Å²) in [5, 5.41) is 9.73. The first-order chi connectivity index (χ1) is 16.8. The minimum atomic E-state index is -0.591. The quantitative estimate of drug-likeness (QED) is 0.499. The van der Waals surface area contributed by atoms with Crippen LogP contribution < -0.4 is 4.74 Å². The fraction of sp³-hybridized carbons (Fsp3) is 0.480. The zero-order chi connectivity index (χ0) is 24.6. The third-order valence-electron chi connectivity index (χ3n) is 6.26. The van der Waals surface area contributed by atoms with E-state index in [0.29, 0.717) is 29.8 Å². The van der Waals surface area contributed by atoms with Gasteiger partial charge in [-0.1, -0.05) is 11.6 Å². The molecule has 0 saturated heterocycles. The Labute approximate surface area is 209 Å². The number of aromatic nitrogens is 5. The van der Waals surface area contributed by atoms with Crippen LogP contribution in [0, 0.1) is 0 Å². The number of carbonyl (C=O) groups excluding carboxylic acids is 1. The molecule has 3 aromatic rings. The van der Waals surface area contributed by atoms with Crippen LogP contribution in [0.3, 0.4) is 0 Å². The Morgan fingerprint density at radius 3 is 2.60 bits per heavy atom. The van der Waals surface area contributed by atoms with Crippen LogP contribution >= 0.6 is 11.6 Å². The van der Waals surface area contributed by atoms with Crippen molar-refractivity contribution >= 4 is 17.7 Å². The van der Waals surface area contributed by atoms with Gasteiger partial charge in [0, 0.05) is 23.2 Å². The van der Waals surface area contributed by atoms with Crippen LogP contribution in [0.15, 0.2) is 36.8 Å². The van der Waals surface area contributed by atoms with Crippen molar-refractivity contribution in [3.05, 3.63) is 59.0 Å². The number of hydrogen-bond acceptors (Lipinski definition) is 7. The topological polar surface area (TPSA) is 95.3 Å². The first-order valence-electron chi connectivity index (χ1n) is 11.9. The van der Waals surface area contributed by atoms with Crippen molar-refractivity contribution in [2.75, 3.05) is 0 Å². The molecule has 9 nitrogen and oxygen atoms in total. The number of nitrogens with zero attached hydrogens (tertiary/aromatic N) is 6. The zero-order valence-corrected chi connectivity index (χ0v) is 20.9. The highest BCUT2D eigenvalue weighted by Gasteiger charge is 2.33. The molecule has 1 amide bonds. The Balaban J connectivity index is 1.40. The molecule has 1 aliphatic carbocycles. The molecule has 1 aliphatic heterocycles. The summed E-state index contributed by atoms with van der Waals surface area (Å²) in [4.78, 5) is 22.7. The Hall–Kier alpha value is -3.20. The average Bonchev–Trinajstić information content (AvgIpc) is 3.15. The van der Waals surface area contributed by atoms with Gasteiger partial charge in [0.05, 0.1) is 18.8 Å². The predicted octanol–water partition coefficient (Wildman–Crippen LogP) is 5.07. The smallest absolute Gasteiger partial charge is 0.411 e. The summed E-state index contributed by atoms with van der Waals surface area (Å²) in [7, 11) is 0. The van der Waals surface area contributed by atoms with Gasteiger partial charge in [0.1, 0.15) is 23.9 Å². The first-order valence-corrected chi connectivity index (χ1v) is 12.3. The maximum absolute atomic E-state index is 13.0. The number of benzene rings is 1. The molecule has 5 rings (SSSR count). The molecule has 0 atom stereocenters. The third kappa shape index (κ3) is 5.24. The van der Waals surface area contributed by atoms with E-state index in [0.717, 1.165) is 42.8 Å². The summed E-state index contributed by atoms with van der Waals surface area (Å²) in [6.45, 7) is 6.27. The predicted molar refractivity (Wildman–Crippen MR) is 130 cm³/mol. The van der Waals surface area contributed by atoms with E-state index in [1.54, 1.807) is 17.2 Å². The van der Waals surface area contributed by atoms with Gasteiger partial charge in [0.25, 0.3) is 0 Å². The molecule has 10 heteroatoms. The van der Waals surface area contributed by atoms with Gasteiger partial charge in [-0.05, 0) is 70.2 Å². The van der Waals surface area contributed by atoms with Crippen LogP contribution in [0.2, 0.25) is 5.02 Å². The van der Waals surface area contributed by atoms with Crippen LogP contribution in [-0.4, -0.2) is 47.4 Å². The van der Waals surface area contributed by atoms with E-state index < -0.39 is 5.60 Å². The van der Waals surface area contributed by atoms with E-state index in [1.807, 2.05) is 39.0 Å². The van der Waals surface area contributed by atoms with Crippen LogP contribution in [0.4, 0.5) is 4.79 Å². The number of fused-ring (bicyclic) bond motifs is 3. The van der Waals surface area contributed by atoms with Crippen molar-refractivity contribution in [1.82, 2.24) is 29.6 Å². The fourth-order valence-electron chi connectivity index (χ4n) is 4.70. The maximum atomic E-state index is 13.0. The lowest BCUT2D eigenvalue weighted by Crippen LogP contribution is -2.35. The van der Waals surface area contributed by atoms with E-state index in [-0.39, 0.29) is 18.1 Å². The summed E-state index contributed by atoms with van der Waals surface area (Å²) in [6, 6.07) is 7.53. The molecule has 1 fully saturated rings. The number of ether oxygens (including phenoxy) is 2. The zero-order valence-electron chi connectivity index (χ0n) is 20.1. The van der Waals surface area contributed by atoms with Crippen molar-refractivity contribution in [2.45, 2.75) is 77.2 Å². The number of rotatable bonds is 3. The molecule has 1 saturated carbocycles. The molecular formula is C25H29ClN6O3. The van der Waals surface area contributed by atoms with E-state index in [4.69, 9.17) is 21.1 Å². The lowest BCUT2D eigenvalue weighted by Gasteiger charge is -2.28. The van der Waals surface area contributed by atoms with Gasteiger partial charge in [0.2, 0.25) is 5.88 Å². The molecular weight excluding hydrogens is 468 g/mol. The molecule has 0 bridgehead atoms. The molecule has 3 heterocycles. The van der Waals surface area contributed by atoms with Crippen LogP contribution in [0.5, 0.6) is 5.88 Å². The average molecular weight is 497 g/mol. The molecule has 0 N–H and O–H groups in total. The van der Waals surface area contributed by atoms with Crippen molar-refractivity contribution in [3.8, 4) is 11.6 Å². The summed E-state index contributed by atoms with van der Waals surface area (Å²) >= 11 is 6.34. The third-order valence-corrected chi connectivity index (χ3v) is 6.50. The van der Waals surface area contributed by atoms with E-state index >= 15 is 0 Å². The minimum Gasteiger partial charge on any atom is -0.474 e. The number of carbonyl (C=O) groups is 1. The monoisotopic (exact) mass is 496 g/mol. The molecule has 0 radical (unpaired) electrons. The highest BCUT2D eigenvalue weighted by Crippen LogP contribution is 2.37. The SMILES string of the molecule is CC(C)(C)OC(=O)N1Cc2cc(Cl)ccc2-n2c(nnc2C2CCC(Oc3ccncn3)CC2)C1. The van der Waals surface area contributed by atoms with Crippen molar-refractivity contribution in [2.24, 2.45) is 0 Å². The van der Waals surface area contributed by atoms with Gasteiger partial charge in [-0.15, -0.1) is 10.2 Å². The van der Waals surface area contributed by atoms with Crippen LogP contribution in [0.1, 0.15) is 69.6 Å². The Bertz CT molecular complexity index is 1200. The minimum absolute atomic E-state index is 0.112. The van der Waals surface area contributed by atoms with Crippen molar-refractivity contribution in [1.29, 1.82) is 0 Å². The van der Waals surface area contributed by atoms with Gasteiger partial charge >= 0.3 is 6.09 Å². The van der Waals surface area contributed by atoms with Gasteiger partial charge in [-0.3, -0.25) is 9.47 Å². The normalized spacial score (nSPS) is 19.9. The highest BCUT2D eigenvalue weighted by molar-refractivity contribution is 6.30. The van der Waals surface area contributed by atoms with Crippen molar-refractivity contribution in [3.63, 3.8) is 0 Å². The molecule has 0 spiro atoms. The molecule has 35 heavy (non-hydrogen) atoms. The van der Waals surface area contributed by atoms with Crippen LogP contribution in [0.25, 0.3) is 5.69 Å². The Kier molecular flexibility index (Phi) is 6.35. The Morgan fingerprint density at radius 2 is 1.89 bits per heavy atom. The number of halogens is 1. The first kappa shape index (κ1) is 23.5. The van der Waals surface area contributed by atoms with Gasteiger partial charge in [-0.25, -0.2) is 14.8 Å². The summed E-state index contributed by atoms with van der Waals surface area (Å²) < 4.78 is 13.8. The number of amides is 1. The van der Waals surface area contributed by atoms with Crippen molar-refractivity contribution < 1.29 is 14.3 Å². The highest BCUT2D eigenvalue weighted by atomic mass is 35.5. The van der Waals surface area contributed by atoms with Crippen LogP contribution in [-0.2, 0) is 17.8 Å². The van der Waals surface area contributed by atoms with E-state index in [2.05, 4.69) is 24.7 Å².